The van der Waals surface area contributed by atoms with Gasteiger partial charge in [0.05, 0.1) is 12.2 Å². The van der Waals surface area contributed by atoms with Gasteiger partial charge >= 0.3 is 12.1 Å². The zero-order valence-corrected chi connectivity index (χ0v) is 19.8. The fourth-order valence-electron chi connectivity index (χ4n) is 4.23. The van der Waals surface area contributed by atoms with Crippen molar-refractivity contribution in [1.82, 2.24) is 9.88 Å². The van der Waals surface area contributed by atoms with Crippen molar-refractivity contribution in [2.45, 2.75) is 64.8 Å². The third-order valence-corrected chi connectivity index (χ3v) is 6.69. The van der Waals surface area contributed by atoms with Crippen molar-refractivity contribution in [3.05, 3.63) is 50.3 Å². The van der Waals surface area contributed by atoms with E-state index in [1.165, 1.54) is 11.3 Å². The molecule has 1 aliphatic rings. The second-order valence-corrected chi connectivity index (χ2v) is 10.1. The highest BCUT2D eigenvalue weighted by Gasteiger charge is 2.42. The first-order chi connectivity index (χ1) is 15.2. The lowest BCUT2D eigenvalue weighted by Gasteiger charge is -2.42. The van der Waals surface area contributed by atoms with Crippen molar-refractivity contribution < 1.29 is 27.5 Å². The first kappa shape index (κ1) is 25.0. The lowest BCUT2D eigenvalue weighted by molar-refractivity contribution is -0.139. The van der Waals surface area contributed by atoms with Gasteiger partial charge in [-0.2, -0.15) is 13.2 Å². The van der Waals surface area contributed by atoms with Crippen molar-refractivity contribution in [3.8, 4) is 0 Å². The molecule has 0 atom stereocenters. The van der Waals surface area contributed by atoms with E-state index in [0.29, 0.717) is 17.1 Å². The van der Waals surface area contributed by atoms with Crippen LogP contribution in [-0.2, 0) is 34.2 Å². The number of amides is 1. The molecule has 0 spiro atoms. The normalized spacial score (nSPS) is 16.7. The van der Waals surface area contributed by atoms with E-state index in [-0.39, 0.29) is 22.7 Å². The summed E-state index contributed by atoms with van der Waals surface area (Å²) in [4.78, 5) is 38.5. The van der Waals surface area contributed by atoms with E-state index in [4.69, 9.17) is 4.74 Å². The van der Waals surface area contributed by atoms with Gasteiger partial charge in [-0.15, -0.1) is 11.3 Å². The second-order valence-electron chi connectivity index (χ2n) is 9.05. The highest BCUT2D eigenvalue weighted by Crippen LogP contribution is 2.45. The predicted octanol–water partition coefficient (Wildman–Crippen LogP) is 3.90. The first-order valence-corrected chi connectivity index (χ1v) is 11.2. The van der Waals surface area contributed by atoms with Crippen molar-refractivity contribution in [1.29, 1.82) is 0 Å². The summed E-state index contributed by atoms with van der Waals surface area (Å²) in [5.41, 5.74) is -2.49. The Hall–Kier alpha value is -2.66. The van der Waals surface area contributed by atoms with E-state index in [0.717, 1.165) is 22.7 Å². The Labute approximate surface area is 192 Å². The Bertz CT molecular complexity index is 1150. The van der Waals surface area contributed by atoms with Gasteiger partial charge in [0.2, 0.25) is 5.91 Å². The molecule has 0 aliphatic carbocycles. The summed E-state index contributed by atoms with van der Waals surface area (Å²) in [7, 11) is 0. The van der Waals surface area contributed by atoms with E-state index in [1.54, 1.807) is 6.92 Å². The molecule has 1 aliphatic heterocycles. The summed E-state index contributed by atoms with van der Waals surface area (Å²) < 4.78 is 45.0. The molecular weight excluding hydrogens is 459 g/mol. The molecule has 7 nitrogen and oxygen atoms in total. The number of hydrogen-bond acceptors (Lipinski definition) is 6. The summed E-state index contributed by atoms with van der Waals surface area (Å²) in [5, 5.41) is 6.38. The van der Waals surface area contributed by atoms with Gasteiger partial charge in [0.25, 0.3) is 5.56 Å². The molecule has 11 heteroatoms. The molecule has 3 rings (SSSR count). The van der Waals surface area contributed by atoms with E-state index in [9.17, 15) is 27.6 Å². The molecular formula is C22H26F3N3O4S. The Balaban J connectivity index is 1.98. The van der Waals surface area contributed by atoms with Crippen LogP contribution in [-0.4, -0.2) is 28.6 Å². The largest absolute Gasteiger partial charge is 0.462 e. The molecule has 1 amide bonds. The van der Waals surface area contributed by atoms with Gasteiger partial charge in [-0.1, -0.05) is 0 Å². The summed E-state index contributed by atoms with van der Waals surface area (Å²) in [6.07, 6.45) is -3.20. The van der Waals surface area contributed by atoms with Crippen LogP contribution in [0.2, 0.25) is 0 Å². The molecule has 0 fully saturated rings. The molecule has 0 bridgehead atoms. The number of anilines is 1. The van der Waals surface area contributed by atoms with Crippen molar-refractivity contribution >= 4 is 28.2 Å². The number of hydrogen-bond donors (Lipinski definition) is 2. The number of esters is 1. The maximum Gasteiger partial charge on any atom is 0.421 e. The van der Waals surface area contributed by atoms with E-state index in [2.05, 4.69) is 10.6 Å². The molecule has 0 unspecified atom stereocenters. The minimum absolute atomic E-state index is 0.140. The fourth-order valence-corrected chi connectivity index (χ4v) is 5.51. The maximum atomic E-state index is 13.0. The van der Waals surface area contributed by atoms with Gasteiger partial charge < -0.3 is 19.9 Å². The molecule has 2 aromatic heterocycles. The van der Waals surface area contributed by atoms with Crippen LogP contribution in [0.4, 0.5) is 18.2 Å². The smallest absolute Gasteiger partial charge is 0.421 e. The van der Waals surface area contributed by atoms with E-state index >= 15 is 0 Å². The minimum Gasteiger partial charge on any atom is -0.462 e. The number of fused-ring (bicyclic) bond motifs is 1. The monoisotopic (exact) mass is 485 g/mol. The van der Waals surface area contributed by atoms with Crippen molar-refractivity contribution in [2.75, 3.05) is 11.9 Å². The molecule has 0 aromatic carbocycles. The van der Waals surface area contributed by atoms with E-state index in [1.807, 2.05) is 27.7 Å². The predicted molar refractivity (Wildman–Crippen MR) is 119 cm³/mol. The number of halogens is 3. The maximum absolute atomic E-state index is 13.0. The highest BCUT2D eigenvalue weighted by molar-refractivity contribution is 7.17. The number of pyridine rings is 1. The van der Waals surface area contributed by atoms with Gasteiger partial charge in [0.15, 0.2) is 0 Å². The Morgan fingerprint density at radius 1 is 1.27 bits per heavy atom. The summed E-state index contributed by atoms with van der Waals surface area (Å²) in [6, 6.07) is 1.72. The van der Waals surface area contributed by atoms with Crippen LogP contribution in [0.1, 0.15) is 61.0 Å². The Morgan fingerprint density at radius 3 is 2.55 bits per heavy atom. The van der Waals surface area contributed by atoms with Gasteiger partial charge in [-0.05, 0) is 58.7 Å². The zero-order valence-electron chi connectivity index (χ0n) is 19.0. The molecule has 180 valence electrons. The van der Waals surface area contributed by atoms with Crippen LogP contribution < -0.4 is 16.2 Å². The SMILES string of the molecule is CCOC(=O)c1c(NC(=O)Cn2cccc(C(F)(F)F)c2=O)sc2c1CC(C)(C)NC2(C)C. The molecule has 0 saturated heterocycles. The molecule has 33 heavy (non-hydrogen) atoms. The third-order valence-electron chi connectivity index (χ3n) is 5.22. The number of carbonyl (C=O) groups is 2. The van der Waals surface area contributed by atoms with Crippen LogP contribution in [0.15, 0.2) is 23.1 Å². The number of rotatable bonds is 5. The van der Waals surface area contributed by atoms with Crippen LogP contribution in [0.3, 0.4) is 0 Å². The molecule has 3 heterocycles. The number of nitrogens with zero attached hydrogens (tertiary/aromatic N) is 1. The highest BCUT2D eigenvalue weighted by atomic mass is 32.1. The van der Waals surface area contributed by atoms with Crippen molar-refractivity contribution in [2.24, 2.45) is 0 Å². The molecule has 2 N–H and O–H groups in total. The number of nitrogens with one attached hydrogen (secondary N) is 2. The Morgan fingerprint density at radius 2 is 1.94 bits per heavy atom. The lowest BCUT2D eigenvalue weighted by atomic mass is 9.81. The second kappa shape index (κ2) is 8.60. The third kappa shape index (κ3) is 5.14. The quantitative estimate of drug-likeness (QED) is 0.627. The average Bonchev–Trinajstić information content (AvgIpc) is 2.99. The summed E-state index contributed by atoms with van der Waals surface area (Å²) >= 11 is 1.21. The average molecular weight is 486 g/mol. The summed E-state index contributed by atoms with van der Waals surface area (Å²) in [5.74, 6) is -1.32. The fraction of sp³-hybridized carbons (Fsp3) is 0.500. The van der Waals surface area contributed by atoms with Gasteiger partial charge in [-0.3, -0.25) is 9.59 Å². The van der Waals surface area contributed by atoms with Gasteiger partial charge in [-0.25, -0.2) is 4.79 Å². The number of carbonyl (C=O) groups excluding carboxylic acids is 2. The Kier molecular flexibility index (Phi) is 6.51. The number of ether oxygens (including phenoxy) is 1. The van der Waals surface area contributed by atoms with E-state index < -0.39 is 41.3 Å². The minimum atomic E-state index is -4.83. The van der Waals surface area contributed by atoms with Crippen LogP contribution in [0.5, 0.6) is 0 Å². The molecule has 0 radical (unpaired) electrons. The van der Waals surface area contributed by atoms with Crippen LogP contribution in [0.25, 0.3) is 0 Å². The lowest BCUT2D eigenvalue weighted by Crippen LogP contribution is -2.55. The first-order valence-electron chi connectivity index (χ1n) is 10.4. The number of aromatic nitrogens is 1. The van der Waals surface area contributed by atoms with Crippen molar-refractivity contribution in [3.63, 3.8) is 0 Å². The molecule has 0 saturated carbocycles. The topological polar surface area (TPSA) is 89.4 Å². The number of alkyl halides is 3. The van der Waals surface area contributed by atoms with Gasteiger partial charge in [0, 0.05) is 22.2 Å². The standard InChI is InChI=1S/C22H26F3N3O4S/c1-6-32-19(31)15-12-10-20(2,3)27-21(4,5)16(12)33-17(15)26-14(29)11-28-9-7-8-13(18(28)30)22(23,24)25/h7-9,27H,6,10-11H2,1-5H3,(H,26,29). The van der Waals surface area contributed by atoms with Crippen LogP contribution >= 0.6 is 11.3 Å². The zero-order chi connectivity index (χ0) is 24.8. The van der Waals surface area contributed by atoms with Gasteiger partial charge in [0.1, 0.15) is 17.1 Å². The molecule has 2 aromatic rings. The number of thiophene rings is 1. The summed E-state index contributed by atoms with van der Waals surface area (Å²) in [6.45, 7) is 9.11. The van der Waals surface area contributed by atoms with Crippen LogP contribution in [0, 0.1) is 0 Å².